The molecule has 0 amide bonds. The van der Waals surface area contributed by atoms with Crippen molar-refractivity contribution >= 4 is 32.3 Å². The average molecular weight is 764 g/mol. The standard InChI is InChI=1S/C57H37N3/c1-2-16-38(17-3-1)57-53-29-15-14-28-52(53)56(37-60-57)51-27-13-10-24-48(51)43-31-41(46-22-8-11-25-49(46)54-35-58-33-39-18-4-6-20-44(39)54)30-42(32-43)47-23-9-12-26-50(47)55-36-59-34-40-19-5-7-21-45(40)55/h1-37H. The molecule has 0 radical (unpaired) electrons. The topological polar surface area (TPSA) is 38.7 Å². The molecule has 3 heteroatoms. The van der Waals surface area contributed by atoms with Crippen molar-refractivity contribution in [2.75, 3.05) is 0 Å². The maximum Gasteiger partial charge on any atom is 0.0780 e. The number of rotatable bonds is 7. The first-order valence-corrected chi connectivity index (χ1v) is 20.3. The molecule has 0 unspecified atom stereocenters. The summed E-state index contributed by atoms with van der Waals surface area (Å²) in [5.74, 6) is 0. The van der Waals surface area contributed by atoms with Gasteiger partial charge in [-0.3, -0.25) is 15.0 Å². The minimum Gasteiger partial charge on any atom is -0.263 e. The Morgan fingerprint density at radius 3 is 1.08 bits per heavy atom. The first-order valence-electron chi connectivity index (χ1n) is 20.3. The van der Waals surface area contributed by atoms with E-state index in [0.717, 1.165) is 99.6 Å². The van der Waals surface area contributed by atoms with E-state index in [4.69, 9.17) is 15.0 Å². The summed E-state index contributed by atoms with van der Waals surface area (Å²) in [4.78, 5) is 14.6. The molecule has 280 valence electrons. The average Bonchev–Trinajstić information content (AvgIpc) is 3.33. The summed E-state index contributed by atoms with van der Waals surface area (Å²) in [6.45, 7) is 0. The van der Waals surface area contributed by atoms with Crippen molar-refractivity contribution in [1.82, 2.24) is 15.0 Å². The van der Waals surface area contributed by atoms with Crippen molar-refractivity contribution in [1.29, 1.82) is 0 Å². The summed E-state index contributed by atoms with van der Waals surface area (Å²) in [5.41, 5.74) is 15.6. The summed E-state index contributed by atoms with van der Waals surface area (Å²) < 4.78 is 0. The molecule has 0 aliphatic heterocycles. The van der Waals surface area contributed by atoms with Crippen LogP contribution in [0.25, 0.3) is 110 Å². The molecule has 0 fully saturated rings. The molecule has 0 saturated heterocycles. The lowest BCUT2D eigenvalue weighted by atomic mass is 9.85. The highest BCUT2D eigenvalue weighted by Crippen LogP contribution is 2.45. The third-order valence-electron chi connectivity index (χ3n) is 11.7. The summed E-state index contributed by atoms with van der Waals surface area (Å²) in [6.07, 6.45) is 9.95. The van der Waals surface area contributed by atoms with Gasteiger partial charge in [0.25, 0.3) is 0 Å². The molecule has 3 nitrogen and oxygen atoms in total. The van der Waals surface area contributed by atoms with Gasteiger partial charge >= 0.3 is 0 Å². The first-order chi connectivity index (χ1) is 29.8. The van der Waals surface area contributed by atoms with Crippen LogP contribution >= 0.6 is 0 Å². The van der Waals surface area contributed by atoms with E-state index in [2.05, 4.69) is 194 Å². The van der Waals surface area contributed by atoms with Crippen molar-refractivity contribution in [3.8, 4) is 78.0 Å². The van der Waals surface area contributed by atoms with Gasteiger partial charge in [-0.15, -0.1) is 0 Å². The molecule has 60 heavy (non-hydrogen) atoms. The Morgan fingerprint density at radius 1 is 0.233 bits per heavy atom. The predicted octanol–water partition coefficient (Wildman–Crippen LogP) is 15.0. The minimum absolute atomic E-state index is 0.982. The summed E-state index contributed by atoms with van der Waals surface area (Å²) in [5, 5.41) is 6.87. The number of benzene rings is 8. The second kappa shape index (κ2) is 15.1. The zero-order valence-corrected chi connectivity index (χ0v) is 32.7. The monoisotopic (exact) mass is 763 g/mol. The fourth-order valence-electron chi connectivity index (χ4n) is 8.90. The van der Waals surface area contributed by atoms with E-state index in [9.17, 15) is 0 Å². The van der Waals surface area contributed by atoms with E-state index >= 15 is 0 Å². The van der Waals surface area contributed by atoms with E-state index in [1.165, 1.54) is 10.8 Å². The van der Waals surface area contributed by atoms with Gasteiger partial charge in [-0.25, -0.2) is 0 Å². The van der Waals surface area contributed by atoms with Crippen molar-refractivity contribution in [2.24, 2.45) is 0 Å². The highest BCUT2D eigenvalue weighted by molar-refractivity contribution is 6.07. The normalized spacial score (nSPS) is 11.3. The third kappa shape index (κ3) is 6.21. The van der Waals surface area contributed by atoms with Gasteiger partial charge in [-0.1, -0.05) is 176 Å². The lowest BCUT2D eigenvalue weighted by molar-refractivity contribution is 1.35. The molecule has 8 aromatic carbocycles. The van der Waals surface area contributed by atoms with E-state index in [1.54, 1.807) is 0 Å². The summed E-state index contributed by atoms with van der Waals surface area (Å²) >= 11 is 0. The maximum absolute atomic E-state index is 5.15. The Bertz CT molecular complexity index is 3240. The molecular formula is C57H37N3. The zero-order valence-electron chi connectivity index (χ0n) is 32.7. The quantitative estimate of drug-likeness (QED) is 0.162. The number of aromatic nitrogens is 3. The lowest BCUT2D eigenvalue weighted by Gasteiger charge is -2.19. The van der Waals surface area contributed by atoms with Crippen LogP contribution in [0.15, 0.2) is 225 Å². The SMILES string of the molecule is c1ccc(-c2ncc(-c3ccccc3-c3cc(-c4ccccc4-c4cncc5ccccc45)cc(-c4ccccc4-c4cncc5ccccc45)c3)c3ccccc23)cc1. The largest absolute Gasteiger partial charge is 0.263 e. The molecule has 0 spiro atoms. The molecule has 0 aliphatic carbocycles. The molecule has 0 saturated carbocycles. The Hall–Kier alpha value is -8.01. The number of nitrogens with zero attached hydrogens (tertiary/aromatic N) is 3. The number of fused-ring (bicyclic) bond motifs is 3. The van der Waals surface area contributed by atoms with Crippen LogP contribution in [0, 0.1) is 0 Å². The van der Waals surface area contributed by atoms with Crippen molar-refractivity contribution in [3.05, 3.63) is 225 Å². The molecule has 0 bridgehead atoms. The third-order valence-corrected chi connectivity index (χ3v) is 11.7. The van der Waals surface area contributed by atoms with Gasteiger partial charge < -0.3 is 0 Å². The van der Waals surface area contributed by atoms with Gasteiger partial charge in [0.2, 0.25) is 0 Å². The van der Waals surface area contributed by atoms with Crippen molar-refractivity contribution in [2.45, 2.75) is 0 Å². The van der Waals surface area contributed by atoms with Crippen LogP contribution in [0.3, 0.4) is 0 Å². The van der Waals surface area contributed by atoms with E-state index in [1.807, 2.05) is 30.9 Å². The Morgan fingerprint density at radius 2 is 0.600 bits per heavy atom. The van der Waals surface area contributed by atoms with E-state index in [-0.39, 0.29) is 0 Å². The van der Waals surface area contributed by atoms with E-state index in [0.29, 0.717) is 0 Å². The number of hydrogen-bond acceptors (Lipinski definition) is 3. The Balaban J connectivity index is 1.17. The molecule has 3 aromatic heterocycles. The van der Waals surface area contributed by atoms with E-state index < -0.39 is 0 Å². The van der Waals surface area contributed by atoms with Crippen LogP contribution in [0.1, 0.15) is 0 Å². The van der Waals surface area contributed by atoms with Crippen LogP contribution < -0.4 is 0 Å². The van der Waals surface area contributed by atoms with Crippen LogP contribution in [-0.4, -0.2) is 15.0 Å². The molecule has 11 rings (SSSR count). The Labute approximate surface area is 349 Å². The molecule has 0 aliphatic rings. The van der Waals surface area contributed by atoms with Crippen LogP contribution in [0.2, 0.25) is 0 Å². The van der Waals surface area contributed by atoms with Crippen LogP contribution in [-0.2, 0) is 0 Å². The smallest absolute Gasteiger partial charge is 0.0780 e. The van der Waals surface area contributed by atoms with Crippen LogP contribution in [0.5, 0.6) is 0 Å². The number of hydrogen-bond donors (Lipinski definition) is 0. The fourth-order valence-corrected chi connectivity index (χ4v) is 8.90. The van der Waals surface area contributed by atoms with Crippen molar-refractivity contribution < 1.29 is 0 Å². The predicted molar refractivity (Wildman–Crippen MR) is 250 cm³/mol. The lowest BCUT2D eigenvalue weighted by Crippen LogP contribution is -1.94. The summed E-state index contributed by atoms with van der Waals surface area (Å²) in [6, 6.07) is 69.4. The fraction of sp³-hybridized carbons (Fsp3) is 0. The maximum atomic E-state index is 5.15. The highest BCUT2D eigenvalue weighted by Gasteiger charge is 2.19. The Kier molecular flexibility index (Phi) is 8.83. The van der Waals surface area contributed by atoms with Gasteiger partial charge in [0.15, 0.2) is 0 Å². The molecular weight excluding hydrogens is 727 g/mol. The number of pyridine rings is 3. The van der Waals surface area contributed by atoms with Gasteiger partial charge in [0, 0.05) is 69.4 Å². The van der Waals surface area contributed by atoms with Gasteiger partial charge in [0.1, 0.15) is 0 Å². The van der Waals surface area contributed by atoms with Crippen LogP contribution in [0.4, 0.5) is 0 Å². The summed E-state index contributed by atoms with van der Waals surface area (Å²) in [7, 11) is 0. The molecule has 11 aromatic rings. The first kappa shape index (κ1) is 35.2. The van der Waals surface area contributed by atoms with Gasteiger partial charge in [-0.05, 0) is 84.4 Å². The van der Waals surface area contributed by atoms with Gasteiger partial charge in [0.05, 0.1) is 5.69 Å². The molecule has 0 N–H and O–H groups in total. The second-order valence-electron chi connectivity index (χ2n) is 15.2. The van der Waals surface area contributed by atoms with Gasteiger partial charge in [-0.2, -0.15) is 0 Å². The minimum atomic E-state index is 0.982. The zero-order chi connectivity index (χ0) is 39.8. The van der Waals surface area contributed by atoms with Crippen molar-refractivity contribution in [3.63, 3.8) is 0 Å². The second-order valence-corrected chi connectivity index (χ2v) is 15.2. The molecule has 3 heterocycles. The molecule has 0 atom stereocenters. The highest BCUT2D eigenvalue weighted by atomic mass is 14.7.